The Morgan fingerprint density at radius 1 is 0.460 bits per heavy atom. The minimum atomic E-state index is -1.08. The third kappa shape index (κ3) is 7.32. The molecular weight excluding hydrogens is 628 g/mol. The molecule has 0 aliphatic heterocycles. The maximum Gasteiger partial charge on any atom is 0.335 e. The molecule has 2 N–H and O–H groups in total. The van der Waals surface area contributed by atoms with Crippen LogP contribution in [-0.2, 0) is 0 Å². The highest BCUT2D eigenvalue weighted by Gasteiger charge is 2.19. The first-order chi connectivity index (χ1) is 24.2. The average molecular weight is 661 g/mol. The molecule has 246 valence electrons. The van der Waals surface area contributed by atoms with Crippen LogP contribution >= 0.6 is 0 Å². The summed E-state index contributed by atoms with van der Waals surface area (Å²) in [5.74, 6) is -2.17. The molecule has 0 aliphatic carbocycles. The number of carboxylic acid groups (broad SMARTS) is 2. The van der Waals surface area contributed by atoms with Gasteiger partial charge in [0.25, 0.3) is 0 Å². The van der Waals surface area contributed by atoms with Crippen LogP contribution in [0.2, 0.25) is 0 Å². The molecule has 0 spiro atoms. The van der Waals surface area contributed by atoms with Crippen LogP contribution < -0.4 is 9.80 Å². The van der Waals surface area contributed by atoms with E-state index in [0.29, 0.717) is 11.4 Å². The van der Waals surface area contributed by atoms with Crippen LogP contribution in [0.1, 0.15) is 20.7 Å². The number of aromatic carboxylic acids is 2. The maximum absolute atomic E-state index is 12.6. The number of amides is 2. The number of carbonyl (C=O) groups excluding carboxylic acids is 1. The van der Waals surface area contributed by atoms with Gasteiger partial charge in [-0.3, -0.25) is 19.8 Å². The standard InChI is InChI=1S/C24H16N2.C17H16N2O5/c1-3-21-15-24-14-20(18-7-11-26-12-8-18)2-4-22(24)16-23(21)13-19(1)17-5-9-25-10-6-17;1-18(13-7-3-5-11(9-13)15(20)21)17(24)19(2)14-8-4-6-12(10-14)16(22)23/h1-16H;3-10H,1-2H3,(H,20,21)(H,22,23). The number of carboxylic acids is 2. The van der Waals surface area contributed by atoms with Crippen molar-refractivity contribution in [3.8, 4) is 22.3 Å². The van der Waals surface area contributed by atoms with Crippen LogP contribution in [0.15, 0.2) is 146 Å². The molecule has 0 saturated carbocycles. The zero-order valence-electron chi connectivity index (χ0n) is 27.3. The fraction of sp³-hybridized carbons (Fsp3) is 0.0488. The Morgan fingerprint density at radius 3 is 1.24 bits per heavy atom. The van der Waals surface area contributed by atoms with Gasteiger partial charge < -0.3 is 10.2 Å². The Labute approximate surface area is 288 Å². The van der Waals surface area contributed by atoms with E-state index in [0.717, 1.165) is 0 Å². The van der Waals surface area contributed by atoms with E-state index in [1.54, 1.807) is 24.3 Å². The number of pyridine rings is 2. The van der Waals surface area contributed by atoms with Crippen molar-refractivity contribution in [1.29, 1.82) is 0 Å². The van der Waals surface area contributed by atoms with Gasteiger partial charge in [-0.25, -0.2) is 14.4 Å². The van der Waals surface area contributed by atoms with Crippen molar-refractivity contribution in [3.05, 3.63) is 157 Å². The van der Waals surface area contributed by atoms with Gasteiger partial charge in [0.1, 0.15) is 0 Å². The summed E-state index contributed by atoms with van der Waals surface area (Å²) in [6.45, 7) is 0. The van der Waals surface area contributed by atoms with Crippen LogP contribution in [0.4, 0.5) is 16.2 Å². The lowest BCUT2D eigenvalue weighted by molar-refractivity contribution is 0.0686. The normalized spacial score (nSPS) is 10.6. The molecule has 0 atom stereocenters. The van der Waals surface area contributed by atoms with Gasteiger partial charge in [0.15, 0.2) is 0 Å². The SMILES string of the molecule is CN(C(=O)N(C)c1cccc(C(=O)O)c1)c1cccc(C(=O)O)c1.c1cc(-c2ccc3cc4cc(-c5ccncc5)ccc4cc3c2)ccn1. The minimum Gasteiger partial charge on any atom is -0.478 e. The molecule has 9 nitrogen and oxygen atoms in total. The number of hydrogen-bond acceptors (Lipinski definition) is 5. The Kier molecular flexibility index (Phi) is 9.58. The summed E-state index contributed by atoms with van der Waals surface area (Å²) in [5.41, 5.74) is 5.79. The maximum atomic E-state index is 12.6. The van der Waals surface area contributed by atoms with Gasteiger partial charge in [0.2, 0.25) is 0 Å². The number of hydrogen-bond donors (Lipinski definition) is 2. The average Bonchev–Trinajstić information content (AvgIpc) is 3.16. The van der Waals surface area contributed by atoms with Crippen LogP contribution in [0.5, 0.6) is 0 Å². The molecule has 0 unspecified atom stereocenters. The fourth-order valence-corrected chi connectivity index (χ4v) is 5.59. The molecule has 2 amide bonds. The first kappa shape index (κ1) is 33.0. The van der Waals surface area contributed by atoms with Crippen molar-refractivity contribution < 1.29 is 24.6 Å². The van der Waals surface area contributed by atoms with Crippen LogP contribution in [0.3, 0.4) is 0 Å². The number of anilines is 2. The Hall–Kier alpha value is -6.87. The molecule has 7 rings (SSSR count). The van der Waals surface area contributed by atoms with Gasteiger partial charge in [-0.15, -0.1) is 0 Å². The number of carbonyl (C=O) groups is 3. The predicted octanol–water partition coefficient (Wildman–Crippen LogP) is 8.89. The smallest absolute Gasteiger partial charge is 0.335 e. The van der Waals surface area contributed by atoms with E-state index in [-0.39, 0.29) is 11.1 Å². The van der Waals surface area contributed by atoms with Gasteiger partial charge >= 0.3 is 18.0 Å². The van der Waals surface area contributed by atoms with Gasteiger partial charge in [0, 0.05) is 50.3 Å². The summed E-state index contributed by atoms with van der Waals surface area (Å²) in [4.78, 5) is 45.4. The number of aromatic nitrogens is 2. The Morgan fingerprint density at radius 2 is 0.860 bits per heavy atom. The number of rotatable bonds is 6. The monoisotopic (exact) mass is 660 g/mol. The lowest BCUT2D eigenvalue weighted by Gasteiger charge is -2.25. The van der Waals surface area contributed by atoms with E-state index >= 15 is 0 Å². The molecule has 7 aromatic rings. The van der Waals surface area contributed by atoms with Crippen molar-refractivity contribution in [3.63, 3.8) is 0 Å². The van der Waals surface area contributed by atoms with Crippen molar-refractivity contribution in [2.24, 2.45) is 0 Å². The van der Waals surface area contributed by atoms with E-state index < -0.39 is 18.0 Å². The Balaban J connectivity index is 0.000000174. The first-order valence-electron chi connectivity index (χ1n) is 15.6. The van der Waals surface area contributed by atoms with E-state index in [2.05, 4.69) is 58.5 Å². The van der Waals surface area contributed by atoms with Crippen LogP contribution in [0, 0.1) is 0 Å². The summed E-state index contributed by atoms with van der Waals surface area (Å²) in [5, 5.41) is 23.1. The lowest BCUT2D eigenvalue weighted by Crippen LogP contribution is -2.39. The number of urea groups is 1. The third-order valence-corrected chi connectivity index (χ3v) is 8.36. The second-order valence-corrected chi connectivity index (χ2v) is 11.6. The molecule has 2 heterocycles. The minimum absolute atomic E-state index is 0.0719. The molecule has 0 bridgehead atoms. The Bertz CT molecular complexity index is 2180. The highest BCUT2D eigenvalue weighted by atomic mass is 16.4. The highest BCUT2D eigenvalue weighted by molar-refractivity contribution is 6.04. The molecule has 9 heteroatoms. The van der Waals surface area contributed by atoms with Gasteiger partial charge in [-0.1, -0.05) is 36.4 Å². The van der Waals surface area contributed by atoms with E-state index in [1.807, 2.05) is 49.1 Å². The summed E-state index contributed by atoms with van der Waals surface area (Å²) in [7, 11) is 3.03. The van der Waals surface area contributed by atoms with Gasteiger partial charge in [-0.2, -0.15) is 0 Å². The number of benzene rings is 5. The number of fused-ring (bicyclic) bond motifs is 2. The topological polar surface area (TPSA) is 124 Å². The fourth-order valence-electron chi connectivity index (χ4n) is 5.59. The molecule has 0 radical (unpaired) electrons. The van der Waals surface area contributed by atoms with Gasteiger partial charge in [-0.05, 0) is 129 Å². The van der Waals surface area contributed by atoms with Crippen molar-refractivity contribution in [2.75, 3.05) is 23.9 Å². The summed E-state index contributed by atoms with van der Waals surface area (Å²) in [6.07, 6.45) is 7.34. The van der Waals surface area contributed by atoms with E-state index in [1.165, 1.54) is 92.0 Å². The molecule has 2 aromatic heterocycles. The predicted molar refractivity (Wildman–Crippen MR) is 197 cm³/mol. The zero-order valence-corrected chi connectivity index (χ0v) is 27.3. The lowest BCUT2D eigenvalue weighted by atomic mass is 9.97. The van der Waals surface area contributed by atoms with E-state index in [4.69, 9.17) is 10.2 Å². The second kappa shape index (κ2) is 14.5. The summed E-state index contributed by atoms with van der Waals surface area (Å²) in [6, 6.07) is 37.5. The quantitative estimate of drug-likeness (QED) is 0.171. The highest BCUT2D eigenvalue weighted by Crippen LogP contribution is 2.30. The summed E-state index contributed by atoms with van der Waals surface area (Å²) >= 11 is 0. The molecule has 50 heavy (non-hydrogen) atoms. The van der Waals surface area contributed by atoms with Crippen LogP contribution in [0.25, 0.3) is 43.8 Å². The van der Waals surface area contributed by atoms with Crippen LogP contribution in [-0.4, -0.2) is 52.2 Å². The summed E-state index contributed by atoms with van der Waals surface area (Å²) < 4.78 is 0. The molecule has 0 saturated heterocycles. The molecular formula is C41H32N4O5. The van der Waals surface area contributed by atoms with Gasteiger partial charge in [0.05, 0.1) is 11.1 Å². The van der Waals surface area contributed by atoms with Crippen molar-refractivity contribution in [2.45, 2.75) is 0 Å². The largest absolute Gasteiger partial charge is 0.478 e. The first-order valence-corrected chi connectivity index (χ1v) is 15.6. The number of nitrogens with zero attached hydrogens (tertiary/aromatic N) is 4. The molecule has 0 aliphatic rings. The van der Waals surface area contributed by atoms with Crippen molar-refractivity contribution in [1.82, 2.24) is 9.97 Å². The third-order valence-electron chi connectivity index (χ3n) is 8.36. The molecule has 0 fully saturated rings. The van der Waals surface area contributed by atoms with E-state index in [9.17, 15) is 14.4 Å². The molecule has 5 aromatic carbocycles. The van der Waals surface area contributed by atoms with Crippen molar-refractivity contribution >= 4 is 50.9 Å². The zero-order chi connectivity index (χ0) is 35.2. The second-order valence-electron chi connectivity index (χ2n) is 11.6.